The number of benzene rings is 1. The topological polar surface area (TPSA) is 52.0 Å². The molecule has 102 valence electrons. The second-order valence-electron chi connectivity index (χ2n) is 4.10. The van der Waals surface area contributed by atoms with Gasteiger partial charge in [0.15, 0.2) is 5.65 Å². The molecular weight excluding hydrogens is 364 g/mol. The van der Waals surface area contributed by atoms with Crippen molar-refractivity contribution in [1.29, 1.82) is 0 Å². The summed E-state index contributed by atoms with van der Waals surface area (Å²) in [6.07, 6.45) is 1.48. The van der Waals surface area contributed by atoms with Crippen molar-refractivity contribution >= 4 is 48.6 Å². The first-order valence-electron chi connectivity index (χ1n) is 5.64. The van der Waals surface area contributed by atoms with Gasteiger partial charge in [0.25, 0.3) is 10.0 Å². The number of hydrogen-bond donors (Lipinski definition) is 0. The molecular formula is C13H8BrClN2O2S. The Morgan fingerprint density at radius 2 is 1.80 bits per heavy atom. The van der Waals surface area contributed by atoms with Gasteiger partial charge in [0, 0.05) is 16.1 Å². The Labute approximate surface area is 129 Å². The van der Waals surface area contributed by atoms with Gasteiger partial charge in [-0.2, -0.15) is 0 Å². The largest absolute Gasteiger partial charge is 0.269 e. The molecule has 0 saturated carbocycles. The SMILES string of the molecule is O=S(=O)(c1ccccc1)n1cc(Br)c2ccc(Cl)nc21. The van der Waals surface area contributed by atoms with E-state index in [1.54, 1.807) is 42.5 Å². The van der Waals surface area contributed by atoms with Crippen molar-refractivity contribution in [2.75, 3.05) is 0 Å². The van der Waals surface area contributed by atoms with E-state index >= 15 is 0 Å². The molecule has 0 unspecified atom stereocenters. The summed E-state index contributed by atoms with van der Waals surface area (Å²) in [6.45, 7) is 0. The second-order valence-corrected chi connectivity index (χ2v) is 7.15. The molecule has 4 nitrogen and oxygen atoms in total. The summed E-state index contributed by atoms with van der Waals surface area (Å²) >= 11 is 9.20. The molecule has 20 heavy (non-hydrogen) atoms. The lowest BCUT2D eigenvalue weighted by atomic mass is 10.3. The molecule has 0 aliphatic rings. The second kappa shape index (κ2) is 4.87. The smallest absolute Gasteiger partial charge is 0.223 e. The fraction of sp³-hybridized carbons (Fsp3) is 0. The van der Waals surface area contributed by atoms with Gasteiger partial charge in [0.1, 0.15) is 5.15 Å². The van der Waals surface area contributed by atoms with Crippen LogP contribution in [0.1, 0.15) is 0 Å². The van der Waals surface area contributed by atoms with Gasteiger partial charge in [-0.05, 0) is 40.2 Å². The van der Waals surface area contributed by atoms with Crippen LogP contribution in [-0.2, 0) is 10.0 Å². The molecule has 0 saturated heterocycles. The van der Waals surface area contributed by atoms with Crippen LogP contribution in [0.2, 0.25) is 5.15 Å². The summed E-state index contributed by atoms with van der Waals surface area (Å²) in [5.74, 6) is 0. The van der Waals surface area contributed by atoms with E-state index in [4.69, 9.17) is 11.6 Å². The molecule has 0 aliphatic carbocycles. The molecule has 0 spiro atoms. The average Bonchev–Trinajstić information content (AvgIpc) is 2.77. The summed E-state index contributed by atoms with van der Waals surface area (Å²) in [5, 5.41) is 0.932. The Morgan fingerprint density at radius 3 is 2.50 bits per heavy atom. The van der Waals surface area contributed by atoms with Crippen LogP contribution >= 0.6 is 27.5 Å². The van der Waals surface area contributed by atoms with Gasteiger partial charge >= 0.3 is 0 Å². The van der Waals surface area contributed by atoms with E-state index in [0.717, 1.165) is 3.97 Å². The normalized spacial score (nSPS) is 11.9. The zero-order valence-electron chi connectivity index (χ0n) is 9.99. The average molecular weight is 372 g/mol. The Morgan fingerprint density at radius 1 is 1.10 bits per heavy atom. The highest BCUT2D eigenvalue weighted by atomic mass is 79.9. The van der Waals surface area contributed by atoms with E-state index < -0.39 is 10.0 Å². The van der Waals surface area contributed by atoms with Gasteiger partial charge in [-0.3, -0.25) is 0 Å². The predicted octanol–water partition coefficient (Wildman–Crippen LogP) is 3.69. The predicted molar refractivity (Wildman–Crippen MR) is 81.5 cm³/mol. The minimum Gasteiger partial charge on any atom is -0.223 e. The molecule has 0 N–H and O–H groups in total. The van der Waals surface area contributed by atoms with Gasteiger partial charge in [0.2, 0.25) is 0 Å². The van der Waals surface area contributed by atoms with Crippen molar-refractivity contribution in [3.8, 4) is 0 Å². The molecule has 0 bridgehead atoms. The van der Waals surface area contributed by atoms with Crippen molar-refractivity contribution in [3.05, 3.63) is 58.3 Å². The first-order valence-corrected chi connectivity index (χ1v) is 8.25. The number of hydrogen-bond acceptors (Lipinski definition) is 3. The summed E-state index contributed by atoms with van der Waals surface area (Å²) in [6, 6.07) is 11.5. The van der Waals surface area contributed by atoms with Crippen molar-refractivity contribution < 1.29 is 8.42 Å². The summed E-state index contributed by atoms with van der Waals surface area (Å²) in [4.78, 5) is 4.31. The Bertz CT molecular complexity index is 891. The van der Waals surface area contributed by atoms with Crippen molar-refractivity contribution in [2.45, 2.75) is 4.90 Å². The number of nitrogens with zero attached hydrogens (tertiary/aromatic N) is 2. The van der Waals surface area contributed by atoms with Crippen molar-refractivity contribution in [3.63, 3.8) is 0 Å². The lowest BCUT2D eigenvalue weighted by Crippen LogP contribution is -2.12. The number of fused-ring (bicyclic) bond motifs is 1. The highest BCUT2D eigenvalue weighted by molar-refractivity contribution is 9.10. The van der Waals surface area contributed by atoms with Crippen molar-refractivity contribution in [2.24, 2.45) is 0 Å². The molecule has 2 aromatic heterocycles. The zero-order chi connectivity index (χ0) is 14.3. The molecule has 0 fully saturated rings. The minimum absolute atomic E-state index is 0.200. The van der Waals surface area contributed by atoms with Crippen LogP contribution in [0.15, 0.2) is 58.0 Å². The van der Waals surface area contributed by atoms with E-state index in [-0.39, 0.29) is 10.0 Å². The maximum Gasteiger partial charge on any atom is 0.269 e. The lowest BCUT2D eigenvalue weighted by molar-refractivity contribution is 0.588. The van der Waals surface area contributed by atoms with Crippen LogP contribution in [0.3, 0.4) is 0 Å². The van der Waals surface area contributed by atoms with E-state index in [9.17, 15) is 8.42 Å². The lowest BCUT2D eigenvalue weighted by Gasteiger charge is -2.06. The molecule has 3 rings (SSSR count). The minimum atomic E-state index is -3.70. The third-order valence-electron chi connectivity index (χ3n) is 2.84. The van der Waals surface area contributed by atoms with E-state index in [1.807, 2.05) is 0 Å². The number of halogens is 2. The summed E-state index contributed by atoms with van der Waals surface area (Å²) < 4.78 is 27.0. The van der Waals surface area contributed by atoms with Gasteiger partial charge in [-0.15, -0.1) is 0 Å². The third kappa shape index (κ3) is 2.13. The Balaban J connectivity index is 2.33. The van der Waals surface area contributed by atoms with E-state index in [1.165, 1.54) is 6.20 Å². The summed E-state index contributed by atoms with van der Waals surface area (Å²) in [5.41, 5.74) is 0.299. The number of rotatable bonds is 2. The molecule has 0 aliphatic heterocycles. The Hall–Kier alpha value is -1.37. The Kier molecular flexibility index (Phi) is 3.32. The monoisotopic (exact) mass is 370 g/mol. The fourth-order valence-corrected chi connectivity index (χ4v) is 4.03. The highest BCUT2D eigenvalue weighted by Gasteiger charge is 2.21. The third-order valence-corrected chi connectivity index (χ3v) is 5.34. The molecule has 2 heterocycles. The molecule has 0 amide bonds. The standard InChI is InChI=1S/C13H8BrClN2O2S/c14-11-8-17(13-10(11)6-7-12(15)16-13)20(18,19)9-4-2-1-3-5-9/h1-8H. The highest BCUT2D eigenvalue weighted by Crippen LogP contribution is 2.29. The quantitative estimate of drug-likeness (QED) is 0.646. The maximum absolute atomic E-state index is 12.6. The first-order chi connectivity index (χ1) is 9.50. The summed E-state index contributed by atoms with van der Waals surface area (Å²) in [7, 11) is -3.70. The van der Waals surface area contributed by atoms with Crippen LogP contribution in [0.5, 0.6) is 0 Å². The zero-order valence-corrected chi connectivity index (χ0v) is 13.2. The first kappa shape index (κ1) is 13.6. The van der Waals surface area contributed by atoms with Crippen LogP contribution in [-0.4, -0.2) is 17.4 Å². The molecule has 3 aromatic rings. The van der Waals surface area contributed by atoms with Crippen LogP contribution in [0.25, 0.3) is 11.0 Å². The maximum atomic E-state index is 12.6. The van der Waals surface area contributed by atoms with E-state index in [0.29, 0.717) is 15.5 Å². The van der Waals surface area contributed by atoms with Crippen LogP contribution < -0.4 is 0 Å². The van der Waals surface area contributed by atoms with E-state index in [2.05, 4.69) is 20.9 Å². The van der Waals surface area contributed by atoms with Gasteiger partial charge in [-0.1, -0.05) is 29.8 Å². The van der Waals surface area contributed by atoms with Crippen LogP contribution in [0.4, 0.5) is 0 Å². The molecule has 1 aromatic carbocycles. The fourth-order valence-electron chi connectivity index (χ4n) is 1.90. The number of aromatic nitrogens is 2. The van der Waals surface area contributed by atoms with Gasteiger partial charge in [0.05, 0.1) is 4.90 Å². The van der Waals surface area contributed by atoms with Crippen LogP contribution in [0, 0.1) is 0 Å². The van der Waals surface area contributed by atoms with Gasteiger partial charge in [-0.25, -0.2) is 17.4 Å². The molecule has 7 heteroatoms. The number of pyridine rings is 1. The van der Waals surface area contributed by atoms with Crippen molar-refractivity contribution in [1.82, 2.24) is 8.96 Å². The molecule has 0 radical (unpaired) electrons. The molecule has 0 atom stereocenters. The van der Waals surface area contributed by atoms with Gasteiger partial charge < -0.3 is 0 Å².